The van der Waals surface area contributed by atoms with Crippen LogP contribution in [0.1, 0.15) is 31.7 Å². The maximum atomic E-state index is 12.2. The van der Waals surface area contributed by atoms with E-state index in [4.69, 9.17) is 0 Å². The lowest BCUT2D eigenvalue weighted by molar-refractivity contribution is 0.538. The average Bonchev–Trinajstić information content (AvgIpc) is 2.67. The molecule has 1 N–H and O–H groups in total. The van der Waals surface area contributed by atoms with Crippen LogP contribution < -0.4 is 4.72 Å². The number of aryl methyl sites for hydroxylation is 1. The van der Waals surface area contributed by atoms with Gasteiger partial charge in [-0.2, -0.15) is 0 Å². The van der Waals surface area contributed by atoms with Crippen LogP contribution in [0.15, 0.2) is 27.6 Å². The van der Waals surface area contributed by atoms with Crippen LogP contribution in [0, 0.1) is 12.8 Å². The van der Waals surface area contributed by atoms with E-state index in [9.17, 15) is 8.42 Å². The molecule has 1 aromatic rings. The van der Waals surface area contributed by atoms with Crippen molar-refractivity contribution in [1.29, 1.82) is 0 Å². The third-order valence-electron chi connectivity index (χ3n) is 3.46. The summed E-state index contributed by atoms with van der Waals surface area (Å²) in [7, 11) is -3.38. The minimum Gasteiger partial charge on any atom is -0.208 e. The van der Waals surface area contributed by atoms with E-state index in [2.05, 4.69) is 27.6 Å². The van der Waals surface area contributed by atoms with Crippen LogP contribution >= 0.6 is 15.9 Å². The SMILES string of the molecule is Cc1cc(S(=O)(=O)NC2CCC(C)C2)ccc1Br. The Bertz CT molecular complexity index is 542. The second kappa shape index (κ2) is 5.31. The molecule has 100 valence electrons. The quantitative estimate of drug-likeness (QED) is 0.924. The summed E-state index contributed by atoms with van der Waals surface area (Å²) in [5.74, 6) is 0.615. The highest BCUT2D eigenvalue weighted by atomic mass is 79.9. The molecular formula is C13H18BrNO2S. The predicted molar refractivity (Wildman–Crippen MR) is 76.0 cm³/mol. The summed E-state index contributed by atoms with van der Waals surface area (Å²) >= 11 is 3.38. The van der Waals surface area contributed by atoms with Crippen molar-refractivity contribution in [3.8, 4) is 0 Å². The second-order valence-corrected chi connectivity index (χ2v) is 7.72. The normalized spacial score (nSPS) is 24.4. The van der Waals surface area contributed by atoms with E-state index in [0.717, 1.165) is 29.3 Å². The predicted octanol–water partition coefficient (Wildman–Crippen LogP) is 3.22. The Balaban J connectivity index is 2.17. The molecule has 1 fully saturated rings. The van der Waals surface area contributed by atoms with Crippen LogP contribution in [-0.4, -0.2) is 14.5 Å². The Morgan fingerprint density at radius 2 is 2.06 bits per heavy atom. The Labute approximate surface area is 117 Å². The number of nitrogens with one attached hydrogen (secondary N) is 1. The zero-order valence-corrected chi connectivity index (χ0v) is 13.0. The van der Waals surface area contributed by atoms with E-state index in [1.54, 1.807) is 18.2 Å². The van der Waals surface area contributed by atoms with Gasteiger partial charge < -0.3 is 0 Å². The van der Waals surface area contributed by atoms with Gasteiger partial charge in [0.25, 0.3) is 0 Å². The van der Waals surface area contributed by atoms with Gasteiger partial charge in [-0.3, -0.25) is 0 Å². The lowest BCUT2D eigenvalue weighted by atomic mass is 10.1. The van der Waals surface area contributed by atoms with E-state index in [1.807, 2.05) is 6.92 Å². The smallest absolute Gasteiger partial charge is 0.208 e. The minimum absolute atomic E-state index is 0.0916. The molecule has 5 heteroatoms. The van der Waals surface area contributed by atoms with Gasteiger partial charge in [-0.15, -0.1) is 0 Å². The summed E-state index contributed by atoms with van der Waals surface area (Å²) < 4.78 is 28.2. The lowest BCUT2D eigenvalue weighted by Gasteiger charge is -2.13. The first kappa shape index (κ1) is 14.0. The lowest BCUT2D eigenvalue weighted by Crippen LogP contribution is -2.32. The van der Waals surface area contributed by atoms with Gasteiger partial charge in [0.15, 0.2) is 0 Å². The largest absolute Gasteiger partial charge is 0.240 e. The van der Waals surface area contributed by atoms with E-state index in [-0.39, 0.29) is 6.04 Å². The Morgan fingerprint density at radius 3 is 2.61 bits per heavy atom. The molecule has 0 spiro atoms. The van der Waals surface area contributed by atoms with Crippen LogP contribution in [0.3, 0.4) is 0 Å². The van der Waals surface area contributed by atoms with Gasteiger partial charge in [-0.1, -0.05) is 22.9 Å². The van der Waals surface area contributed by atoms with Gasteiger partial charge in [0.2, 0.25) is 10.0 Å². The number of hydrogen-bond donors (Lipinski definition) is 1. The van der Waals surface area contributed by atoms with Crippen molar-refractivity contribution in [2.75, 3.05) is 0 Å². The second-order valence-electron chi connectivity index (χ2n) is 5.15. The van der Waals surface area contributed by atoms with Crippen molar-refractivity contribution in [3.63, 3.8) is 0 Å². The fourth-order valence-electron chi connectivity index (χ4n) is 2.39. The van der Waals surface area contributed by atoms with Crippen LogP contribution in [-0.2, 0) is 10.0 Å². The van der Waals surface area contributed by atoms with Gasteiger partial charge in [0.1, 0.15) is 0 Å². The first-order chi connectivity index (χ1) is 8.38. The molecule has 1 saturated carbocycles. The molecule has 1 aliphatic carbocycles. The minimum atomic E-state index is -3.38. The molecule has 0 bridgehead atoms. The molecule has 2 rings (SSSR count). The standard InChI is InChI=1S/C13H18BrNO2S/c1-9-3-4-11(7-9)15-18(16,17)12-5-6-13(14)10(2)8-12/h5-6,8-9,11,15H,3-4,7H2,1-2H3. The Morgan fingerprint density at radius 1 is 1.33 bits per heavy atom. The van der Waals surface area contributed by atoms with Crippen molar-refractivity contribution in [2.45, 2.75) is 44.0 Å². The van der Waals surface area contributed by atoms with E-state index in [0.29, 0.717) is 10.8 Å². The van der Waals surface area contributed by atoms with Crippen LogP contribution in [0.25, 0.3) is 0 Å². The number of benzene rings is 1. The summed E-state index contributed by atoms with van der Waals surface area (Å²) in [6.45, 7) is 4.05. The third-order valence-corrected chi connectivity index (χ3v) is 5.86. The number of hydrogen-bond acceptors (Lipinski definition) is 2. The fourth-order valence-corrected chi connectivity index (χ4v) is 4.00. The van der Waals surface area contributed by atoms with Crippen molar-refractivity contribution in [3.05, 3.63) is 28.2 Å². The molecule has 0 aromatic heterocycles. The fraction of sp³-hybridized carbons (Fsp3) is 0.538. The van der Waals surface area contributed by atoms with E-state index in [1.165, 1.54) is 0 Å². The summed E-state index contributed by atoms with van der Waals surface area (Å²) in [6, 6.07) is 5.21. The van der Waals surface area contributed by atoms with Gasteiger partial charge in [0.05, 0.1) is 4.90 Å². The first-order valence-corrected chi connectivity index (χ1v) is 8.44. The number of rotatable bonds is 3. The average molecular weight is 332 g/mol. The van der Waals surface area contributed by atoms with Gasteiger partial charge in [0, 0.05) is 10.5 Å². The molecule has 0 amide bonds. The van der Waals surface area contributed by atoms with Crippen LogP contribution in [0.2, 0.25) is 0 Å². The monoisotopic (exact) mass is 331 g/mol. The molecular weight excluding hydrogens is 314 g/mol. The van der Waals surface area contributed by atoms with Gasteiger partial charge in [-0.05, 0) is 55.9 Å². The van der Waals surface area contributed by atoms with Crippen molar-refractivity contribution >= 4 is 26.0 Å². The Kier molecular flexibility index (Phi) is 4.14. The molecule has 1 aromatic carbocycles. The summed E-state index contributed by atoms with van der Waals surface area (Å²) in [6.07, 6.45) is 2.98. The van der Waals surface area contributed by atoms with Crippen molar-refractivity contribution in [2.24, 2.45) is 5.92 Å². The molecule has 18 heavy (non-hydrogen) atoms. The molecule has 0 radical (unpaired) electrons. The van der Waals surface area contributed by atoms with E-state index >= 15 is 0 Å². The highest BCUT2D eigenvalue weighted by Crippen LogP contribution is 2.26. The van der Waals surface area contributed by atoms with Crippen LogP contribution in [0.5, 0.6) is 0 Å². The molecule has 0 aliphatic heterocycles. The highest BCUT2D eigenvalue weighted by molar-refractivity contribution is 9.10. The number of sulfonamides is 1. The maximum absolute atomic E-state index is 12.2. The first-order valence-electron chi connectivity index (χ1n) is 6.17. The molecule has 3 nitrogen and oxygen atoms in total. The van der Waals surface area contributed by atoms with E-state index < -0.39 is 10.0 Å². The molecule has 1 aliphatic rings. The van der Waals surface area contributed by atoms with Gasteiger partial charge in [-0.25, -0.2) is 13.1 Å². The zero-order chi connectivity index (χ0) is 13.3. The molecule has 2 atom stereocenters. The summed E-state index contributed by atoms with van der Waals surface area (Å²) in [5.41, 5.74) is 0.928. The van der Waals surface area contributed by atoms with Gasteiger partial charge >= 0.3 is 0 Å². The zero-order valence-electron chi connectivity index (χ0n) is 10.6. The summed E-state index contributed by atoms with van der Waals surface area (Å²) in [4.78, 5) is 0.350. The molecule has 2 unspecified atom stereocenters. The topological polar surface area (TPSA) is 46.2 Å². The third kappa shape index (κ3) is 3.13. The molecule has 0 heterocycles. The summed E-state index contributed by atoms with van der Waals surface area (Å²) in [5, 5.41) is 0. The van der Waals surface area contributed by atoms with Crippen molar-refractivity contribution in [1.82, 2.24) is 4.72 Å². The number of halogens is 1. The maximum Gasteiger partial charge on any atom is 0.240 e. The Hall–Kier alpha value is -0.390. The highest BCUT2D eigenvalue weighted by Gasteiger charge is 2.26. The molecule has 0 saturated heterocycles. The van der Waals surface area contributed by atoms with Crippen LogP contribution in [0.4, 0.5) is 0 Å². The van der Waals surface area contributed by atoms with Crippen molar-refractivity contribution < 1.29 is 8.42 Å².